The van der Waals surface area contributed by atoms with Crippen molar-refractivity contribution in [3.63, 3.8) is 0 Å². The van der Waals surface area contributed by atoms with E-state index in [0.717, 1.165) is 12.2 Å². The van der Waals surface area contributed by atoms with Gasteiger partial charge in [-0.2, -0.15) is 0 Å². The number of nitrogens with one attached hydrogen (secondary N) is 1. The molecule has 0 aliphatic carbocycles. The Labute approximate surface area is 211 Å². The van der Waals surface area contributed by atoms with Gasteiger partial charge in [0.25, 0.3) is 0 Å². The van der Waals surface area contributed by atoms with E-state index in [1.54, 1.807) is 7.11 Å². The van der Waals surface area contributed by atoms with E-state index in [2.05, 4.69) is 23.2 Å². The third-order valence-electron chi connectivity index (χ3n) is 7.75. The molecule has 0 spiro atoms. The van der Waals surface area contributed by atoms with Crippen molar-refractivity contribution in [3.05, 3.63) is 29.3 Å². The molecule has 37 heavy (non-hydrogen) atoms. The lowest BCUT2D eigenvalue weighted by molar-refractivity contribution is -0.170. The molecule has 3 saturated heterocycles. The van der Waals surface area contributed by atoms with E-state index < -0.39 is 42.3 Å². The van der Waals surface area contributed by atoms with Gasteiger partial charge in [0.2, 0.25) is 0 Å². The second kappa shape index (κ2) is 9.56. The van der Waals surface area contributed by atoms with Crippen LogP contribution in [-0.4, -0.2) is 98.0 Å². The Morgan fingerprint density at radius 3 is 2.35 bits per heavy atom. The van der Waals surface area contributed by atoms with Crippen LogP contribution in [0.4, 0.5) is 0 Å². The monoisotopic (exact) mass is 522 g/mol. The number of piperazine rings is 1. The van der Waals surface area contributed by atoms with Crippen molar-refractivity contribution >= 4 is 23.9 Å². The summed E-state index contributed by atoms with van der Waals surface area (Å²) >= 11 is 0. The van der Waals surface area contributed by atoms with E-state index in [0.29, 0.717) is 13.0 Å². The number of benzene rings is 1. The van der Waals surface area contributed by atoms with Crippen LogP contribution in [0, 0.1) is 5.92 Å². The fourth-order valence-corrected chi connectivity index (χ4v) is 6.30. The van der Waals surface area contributed by atoms with Crippen molar-refractivity contribution in [2.75, 3.05) is 13.7 Å². The number of hydrogen-bond donors (Lipinski definition) is 6. The van der Waals surface area contributed by atoms with E-state index >= 15 is 0 Å². The van der Waals surface area contributed by atoms with E-state index in [-0.39, 0.29) is 35.8 Å². The maximum atomic E-state index is 11.7. The lowest BCUT2D eigenvalue weighted by Gasteiger charge is -2.52. The van der Waals surface area contributed by atoms with Crippen LogP contribution in [0.25, 0.3) is 0 Å². The molecule has 1 aromatic carbocycles. The van der Waals surface area contributed by atoms with Crippen molar-refractivity contribution in [1.82, 2.24) is 10.2 Å². The number of carbonyl (C=O) groups is 4. The molecule has 0 saturated carbocycles. The third kappa shape index (κ3) is 4.52. The fraction of sp³-hybridized carbons (Fsp3) is 0.583. The number of hydrogen-bond acceptors (Lipinski definition) is 9. The molecule has 13 nitrogen and oxygen atoms in total. The average Bonchev–Trinajstić information content (AvgIpc) is 3.36. The second-order valence-electron chi connectivity index (χ2n) is 10.1. The van der Waals surface area contributed by atoms with Crippen LogP contribution in [0.2, 0.25) is 0 Å². The molecule has 6 N–H and O–H groups in total. The maximum Gasteiger partial charge on any atom is 0.336 e. The summed E-state index contributed by atoms with van der Waals surface area (Å²) in [4.78, 5) is 44.7. The highest BCUT2D eigenvalue weighted by Crippen LogP contribution is 2.53. The summed E-state index contributed by atoms with van der Waals surface area (Å²) in [5.41, 5.74) is -0.544. The van der Waals surface area contributed by atoms with E-state index in [1.807, 2.05) is 12.1 Å². The summed E-state index contributed by atoms with van der Waals surface area (Å²) < 4.78 is 11.8. The standard InChI is InChI=1S/C18H22N2O4.C6H8O7/c1-18-8-24-16-11-7-10(17(21)22)15(19-11)12(20(16)18)6-9-4-3-5-13(23-2)14(9)18;7-3(8)1-6(13,5(11)12)2-4(9)10/h3-5,10-12,15-16,19H,6-8H2,1-2H3,(H,21,22);13H,1-2H2,(H,7,8)(H,9,10)(H,11,12)/t10-,11-,12+,15+,16-,18+;/m1./s1. The molecule has 1 aromatic rings. The molecule has 0 aromatic heterocycles. The number of nitrogens with zero attached hydrogens (tertiary/aromatic N) is 1. The van der Waals surface area contributed by atoms with Crippen LogP contribution in [0.15, 0.2) is 18.2 Å². The molecular weight excluding hydrogens is 492 g/mol. The van der Waals surface area contributed by atoms with Crippen molar-refractivity contribution in [3.8, 4) is 5.75 Å². The minimum absolute atomic E-state index is 0.0240. The lowest BCUT2D eigenvalue weighted by atomic mass is 9.76. The largest absolute Gasteiger partial charge is 0.496 e. The Balaban J connectivity index is 0.000000212. The Kier molecular flexibility index (Phi) is 6.92. The highest BCUT2D eigenvalue weighted by Gasteiger charge is 2.63. The average molecular weight is 523 g/mol. The van der Waals surface area contributed by atoms with Gasteiger partial charge in [-0.05, 0) is 31.4 Å². The second-order valence-corrected chi connectivity index (χ2v) is 10.1. The molecule has 0 amide bonds. The van der Waals surface area contributed by atoms with Crippen molar-refractivity contribution in [2.45, 2.75) is 68.1 Å². The van der Waals surface area contributed by atoms with Crippen molar-refractivity contribution in [2.24, 2.45) is 5.92 Å². The summed E-state index contributed by atoms with van der Waals surface area (Å²) in [5, 5.41) is 47.0. The van der Waals surface area contributed by atoms with Crippen molar-refractivity contribution < 1.29 is 54.2 Å². The van der Waals surface area contributed by atoms with Gasteiger partial charge in [0.1, 0.15) is 12.0 Å². The summed E-state index contributed by atoms with van der Waals surface area (Å²) in [6, 6.07) is 6.38. The number of ether oxygens (including phenoxy) is 2. The van der Waals surface area contributed by atoms with Crippen LogP contribution in [0.1, 0.15) is 37.3 Å². The highest BCUT2D eigenvalue weighted by atomic mass is 16.5. The molecule has 4 aliphatic rings. The minimum atomic E-state index is -2.74. The molecule has 4 aliphatic heterocycles. The van der Waals surface area contributed by atoms with Gasteiger partial charge in [-0.3, -0.25) is 19.3 Å². The first kappa shape index (κ1) is 26.8. The molecule has 202 valence electrons. The molecule has 6 atom stereocenters. The Morgan fingerprint density at radius 1 is 1.16 bits per heavy atom. The number of fused-ring (bicyclic) bond motifs is 6. The molecule has 2 bridgehead atoms. The summed E-state index contributed by atoms with van der Waals surface area (Å²) in [6.45, 7) is 2.82. The summed E-state index contributed by atoms with van der Waals surface area (Å²) in [7, 11) is 1.71. The van der Waals surface area contributed by atoms with Gasteiger partial charge in [-0.15, -0.1) is 0 Å². The minimum Gasteiger partial charge on any atom is -0.496 e. The third-order valence-corrected chi connectivity index (χ3v) is 7.75. The topological polar surface area (TPSA) is 203 Å². The number of methoxy groups -OCH3 is 1. The number of aliphatic carboxylic acids is 4. The molecule has 3 fully saturated rings. The van der Waals surface area contributed by atoms with Gasteiger partial charge >= 0.3 is 23.9 Å². The van der Waals surface area contributed by atoms with Gasteiger partial charge in [0.05, 0.1) is 38.0 Å². The molecular formula is C24H30N2O11. The number of carboxylic acids is 4. The first-order valence-electron chi connectivity index (χ1n) is 11.8. The smallest absolute Gasteiger partial charge is 0.336 e. The first-order valence-corrected chi connectivity index (χ1v) is 11.8. The maximum absolute atomic E-state index is 11.7. The van der Waals surface area contributed by atoms with Crippen LogP contribution in [0.5, 0.6) is 5.75 Å². The molecule has 0 unspecified atom stereocenters. The predicted octanol–water partition coefficient (Wildman–Crippen LogP) is -0.310. The fourth-order valence-electron chi connectivity index (χ4n) is 6.30. The molecule has 4 heterocycles. The van der Waals surface area contributed by atoms with E-state index in [4.69, 9.17) is 29.9 Å². The lowest BCUT2D eigenvalue weighted by Crippen LogP contribution is -2.68. The Morgan fingerprint density at radius 2 is 1.81 bits per heavy atom. The highest BCUT2D eigenvalue weighted by molar-refractivity contribution is 5.88. The van der Waals surface area contributed by atoms with Gasteiger partial charge < -0.3 is 40.3 Å². The number of rotatable bonds is 7. The van der Waals surface area contributed by atoms with Crippen molar-refractivity contribution in [1.29, 1.82) is 0 Å². The zero-order valence-corrected chi connectivity index (χ0v) is 20.3. The SMILES string of the molecule is COc1cccc2c1[C@]1(C)CO[C@@H]3[C@H]4C[C@@H](C(=O)O)[C@H](N4)[C@H](C2)N31.O=C(O)CC(O)(CC(=O)O)C(=O)O. The Bertz CT molecular complexity index is 1110. The molecule has 13 heteroatoms. The van der Waals surface area contributed by atoms with Gasteiger partial charge in [0, 0.05) is 23.7 Å². The van der Waals surface area contributed by atoms with Crippen LogP contribution >= 0.6 is 0 Å². The van der Waals surface area contributed by atoms with Crippen LogP contribution in [0.3, 0.4) is 0 Å². The van der Waals surface area contributed by atoms with E-state index in [1.165, 1.54) is 11.1 Å². The summed E-state index contributed by atoms with van der Waals surface area (Å²) in [5.74, 6) is -5.16. The zero-order chi connectivity index (χ0) is 27.3. The normalized spacial score (nSPS) is 31.4. The van der Waals surface area contributed by atoms with Gasteiger partial charge in [0.15, 0.2) is 5.60 Å². The van der Waals surface area contributed by atoms with Crippen LogP contribution in [-0.2, 0) is 35.9 Å². The molecule has 0 radical (unpaired) electrons. The van der Waals surface area contributed by atoms with Crippen LogP contribution < -0.4 is 10.1 Å². The Hall–Kier alpha value is -3.26. The van der Waals surface area contributed by atoms with Gasteiger partial charge in [-0.1, -0.05) is 12.1 Å². The number of carboxylic acid groups (broad SMARTS) is 4. The quantitative estimate of drug-likeness (QED) is 0.272. The first-order chi connectivity index (χ1) is 17.3. The predicted molar refractivity (Wildman–Crippen MR) is 123 cm³/mol. The number of aliphatic hydroxyl groups is 1. The van der Waals surface area contributed by atoms with Gasteiger partial charge in [-0.25, -0.2) is 4.79 Å². The zero-order valence-electron chi connectivity index (χ0n) is 20.3. The van der Waals surface area contributed by atoms with E-state index in [9.17, 15) is 24.3 Å². The molecule has 5 rings (SSSR count). The summed E-state index contributed by atoms with van der Waals surface area (Å²) in [6.07, 6.45) is -0.876.